The Morgan fingerprint density at radius 1 is 1.70 bits per heavy atom. The summed E-state index contributed by atoms with van der Waals surface area (Å²) in [6, 6.07) is 0. The molecular formula is C7H13NO2. The van der Waals surface area contributed by atoms with Gasteiger partial charge in [-0.25, -0.2) is 0 Å². The molecule has 1 saturated heterocycles. The van der Waals surface area contributed by atoms with Gasteiger partial charge < -0.3 is 10.1 Å². The normalized spacial score (nSPS) is 31.5. The Labute approximate surface area is 60.7 Å². The predicted octanol–water partition coefficient (Wildman–Crippen LogP) is 0.300. The van der Waals surface area contributed by atoms with Gasteiger partial charge in [0.1, 0.15) is 6.10 Å². The van der Waals surface area contributed by atoms with Crippen molar-refractivity contribution in [1.82, 2.24) is 5.32 Å². The van der Waals surface area contributed by atoms with Gasteiger partial charge in [-0.3, -0.25) is 4.79 Å². The molecule has 1 rings (SSSR count). The summed E-state index contributed by atoms with van der Waals surface area (Å²) in [4.78, 5) is 11.0. The quantitative estimate of drug-likeness (QED) is 0.529. The highest BCUT2D eigenvalue weighted by atomic mass is 16.5. The smallest absolute Gasteiger partial charge is 0.249 e. The molecule has 0 aliphatic carbocycles. The first kappa shape index (κ1) is 7.54. The topological polar surface area (TPSA) is 38.3 Å². The SMILES string of the molecule is CC1OCC(C)(C)NC1=O. The van der Waals surface area contributed by atoms with Crippen molar-refractivity contribution in [2.75, 3.05) is 6.61 Å². The number of nitrogens with one attached hydrogen (secondary N) is 1. The second-order valence-corrected chi connectivity index (χ2v) is 3.33. The maximum Gasteiger partial charge on any atom is 0.249 e. The lowest BCUT2D eigenvalue weighted by molar-refractivity contribution is -0.142. The van der Waals surface area contributed by atoms with Crippen molar-refractivity contribution in [3.8, 4) is 0 Å². The molecule has 1 fully saturated rings. The first-order valence-electron chi connectivity index (χ1n) is 3.45. The van der Waals surface area contributed by atoms with Crippen LogP contribution < -0.4 is 5.32 Å². The van der Waals surface area contributed by atoms with Crippen LogP contribution in [0.2, 0.25) is 0 Å². The molecule has 1 aliphatic heterocycles. The van der Waals surface area contributed by atoms with E-state index in [-0.39, 0.29) is 17.6 Å². The molecule has 1 aliphatic rings. The molecule has 1 unspecified atom stereocenters. The number of morpholine rings is 1. The minimum absolute atomic E-state index is 0.0174. The number of carbonyl (C=O) groups is 1. The van der Waals surface area contributed by atoms with Crippen molar-refractivity contribution in [1.29, 1.82) is 0 Å². The minimum atomic E-state index is -0.284. The molecule has 0 aromatic heterocycles. The molecule has 3 nitrogen and oxygen atoms in total. The molecule has 1 heterocycles. The van der Waals surface area contributed by atoms with Gasteiger partial charge in [-0.1, -0.05) is 0 Å². The van der Waals surface area contributed by atoms with E-state index in [0.29, 0.717) is 6.61 Å². The number of amides is 1. The van der Waals surface area contributed by atoms with E-state index in [4.69, 9.17) is 4.74 Å². The van der Waals surface area contributed by atoms with Gasteiger partial charge in [-0.15, -0.1) is 0 Å². The van der Waals surface area contributed by atoms with Gasteiger partial charge in [0.05, 0.1) is 12.1 Å². The van der Waals surface area contributed by atoms with Crippen LogP contribution >= 0.6 is 0 Å². The Hall–Kier alpha value is -0.570. The summed E-state index contributed by atoms with van der Waals surface area (Å²) in [5, 5.41) is 2.84. The van der Waals surface area contributed by atoms with Crippen LogP contribution in [0.4, 0.5) is 0 Å². The first-order valence-corrected chi connectivity index (χ1v) is 3.45. The van der Waals surface area contributed by atoms with Gasteiger partial charge in [-0.2, -0.15) is 0 Å². The van der Waals surface area contributed by atoms with Crippen LogP contribution in [0.1, 0.15) is 20.8 Å². The van der Waals surface area contributed by atoms with Crippen molar-refractivity contribution >= 4 is 5.91 Å². The number of hydrogen-bond donors (Lipinski definition) is 1. The van der Waals surface area contributed by atoms with E-state index in [9.17, 15) is 4.79 Å². The lowest BCUT2D eigenvalue weighted by Crippen LogP contribution is -2.56. The van der Waals surface area contributed by atoms with Crippen molar-refractivity contribution in [2.24, 2.45) is 0 Å². The monoisotopic (exact) mass is 143 g/mol. The molecular weight excluding hydrogens is 130 g/mol. The van der Waals surface area contributed by atoms with Crippen molar-refractivity contribution in [3.05, 3.63) is 0 Å². The molecule has 0 saturated carbocycles. The Morgan fingerprint density at radius 2 is 2.30 bits per heavy atom. The van der Waals surface area contributed by atoms with E-state index < -0.39 is 0 Å². The van der Waals surface area contributed by atoms with Gasteiger partial charge in [0.25, 0.3) is 0 Å². The predicted molar refractivity (Wildman–Crippen MR) is 37.6 cm³/mol. The number of carbonyl (C=O) groups excluding carboxylic acids is 1. The molecule has 0 radical (unpaired) electrons. The highest BCUT2D eigenvalue weighted by molar-refractivity contribution is 5.81. The zero-order chi connectivity index (χ0) is 7.78. The number of hydrogen-bond acceptors (Lipinski definition) is 2. The van der Waals surface area contributed by atoms with Gasteiger partial charge in [0.2, 0.25) is 5.91 Å². The largest absolute Gasteiger partial charge is 0.366 e. The third-order valence-electron chi connectivity index (χ3n) is 1.52. The molecule has 0 spiro atoms. The van der Waals surface area contributed by atoms with E-state index in [1.54, 1.807) is 6.92 Å². The Bertz CT molecular complexity index is 154. The summed E-state index contributed by atoms with van der Waals surface area (Å²) in [6.45, 7) is 6.23. The summed E-state index contributed by atoms with van der Waals surface area (Å²) in [6.07, 6.45) is -0.284. The zero-order valence-electron chi connectivity index (χ0n) is 6.60. The third-order valence-corrected chi connectivity index (χ3v) is 1.52. The molecule has 1 amide bonds. The molecule has 3 heteroatoms. The van der Waals surface area contributed by atoms with Gasteiger partial charge in [0, 0.05) is 0 Å². The Kier molecular flexibility index (Phi) is 1.68. The lowest BCUT2D eigenvalue weighted by atomic mass is 10.0. The van der Waals surface area contributed by atoms with E-state index in [2.05, 4.69) is 5.32 Å². The summed E-state index contributed by atoms with van der Waals surface area (Å²) in [7, 11) is 0. The summed E-state index contributed by atoms with van der Waals surface area (Å²) in [5.41, 5.74) is -0.191. The minimum Gasteiger partial charge on any atom is -0.366 e. The fraction of sp³-hybridized carbons (Fsp3) is 0.857. The molecule has 1 N–H and O–H groups in total. The molecule has 0 aromatic carbocycles. The van der Waals surface area contributed by atoms with Crippen LogP contribution in [0, 0.1) is 0 Å². The maximum absolute atomic E-state index is 11.0. The van der Waals surface area contributed by atoms with Crippen molar-refractivity contribution in [2.45, 2.75) is 32.4 Å². The van der Waals surface area contributed by atoms with Crippen LogP contribution in [-0.4, -0.2) is 24.2 Å². The lowest BCUT2D eigenvalue weighted by Gasteiger charge is -2.33. The Balaban J connectivity index is 2.57. The van der Waals surface area contributed by atoms with Crippen LogP contribution in [0.5, 0.6) is 0 Å². The second-order valence-electron chi connectivity index (χ2n) is 3.33. The van der Waals surface area contributed by atoms with Gasteiger partial charge in [-0.05, 0) is 20.8 Å². The fourth-order valence-electron chi connectivity index (χ4n) is 0.880. The van der Waals surface area contributed by atoms with Crippen LogP contribution in [0.25, 0.3) is 0 Å². The molecule has 1 atom stereocenters. The number of rotatable bonds is 0. The fourth-order valence-corrected chi connectivity index (χ4v) is 0.880. The van der Waals surface area contributed by atoms with E-state index >= 15 is 0 Å². The summed E-state index contributed by atoms with van der Waals surface area (Å²) in [5.74, 6) is -0.0174. The second kappa shape index (κ2) is 2.23. The summed E-state index contributed by atoms with van der Waals surface area (Å²) >= 11 is 0. The number of ether oxygens (including phenoxy) is 1. The standard InChI is InChI=1S/C7H13NO2/c1-5-6(9)8-7(2,3)4-10-5/h5H,4H2,1-3H3,(H,8,9). The summed E-state index contributed by atoms with van der Waals surface area (Å²) < 4.78 is 5.19. The molecule has 0 bridgehead atoms. The molecule has 0 aromatic rings. The first-order chi connectivity index (χ1) is 4.51. The van der Waals surface area contributed by atoms with Crippen molar-refractivity contribution < 1.29 is 9.53 Å². The zero-order valence-corrected chi connectivity index (χ0v) is 6.60. The third kappa shape index (κ3) is 1.48. The molecule has 58 valence electrons. The maximum atomic E-state index is 11.0. The average Bonchev–Trinajstić information content (AvgIpc) is 1.79. The van der Waals surface area contributed by atoms with Crippen LogP contribution in [-0.2, 0) is 9.53 Å². The van der Waals surface area contributed by atoms with E-state index in [0.717, 1.165) is 0 Å². The van der Waals surface area contributed by atoms with Crippen molar-refractivity contribution in [3.63, 3.8) is 0 Å². The van der Waals surface area contributed by atoms with Gasteiger partial charge in [0.15, 0.2) is 0 Å². The highest BCUT2D eigenvalue weighted by Crippen LogP contribution is 2.10. The van der Waals surface area contributed by atoms with Crippen LogP contribution in [0.3, 0.4) is 0 Å². The van der Waals surface area contributed by atoms with E-state index in [1.807, 2.05) is 13.8 Å². The highest BCUT2D eigenvalue weighted by Gasteiger charge is 2.30. The van der Waals surface area contributed by atoms with E-state index in [1.165, 1.54) is 0 Å². The molecule has 10 heavy (non-hydrogen) atoms. The van der Waals surface area contributed by atoms with Crippen LogP contribution in [0.15, 0.2) is 0 Å². The van der Waals surface area contributed by atoms with Gasteiger partial charge >= 0.3 is 0 Å². The average molecular weight is 143 g/mol. The Morgan fingerprint density at radius 3 is 2.70 bits per heavy atom.